The summed E-state index contributed by atoms with van der Waals surface area (Å²) in [5.74, 6) is 0. The summed E-state index contributed by atoms with van der Waals surface area (Å²) in [7, 11) is 0. The van der Waals surface area contributed by atoms with Crippen LogP contribution in [0.4, 0.5) is 5.69 Å². The van der Waals surface area contributed by atoms with E-state index in [9.17, 15) is 10.1 Å². The predicted molar refractivity (Wildman–Crippen MR) is 79.8 cm³/mol. The minimum atomic E-state index is -0.385. The van der Waals surface area contributed by atoms with Crippen LogP contribution < -0.4 is 5.32 Å². The number of nitro groups is 1. The Hall–Kier alpha value is -1.91. The van der Waals surface area contributed by atoms with Gasteiger partial charge in [0.25, 0.3) is 5.69 Å². The maximum absolute atomic E-state index is 10.7. The third-order valence-corrected chi connectivity index (χ3v) is 3.32. The summed E-state index contributed by atoms with van der Waals surface area (Å²) in [5.41, 5.74) is 2.08. The fourth-order valence-corrected chi connectivity index (χ4v) is 2.14. The molecule has 0 saturated heterocycles. The summed E-state index contributed by atoms with van der Waals surface area (Å²) in [5, 5.41) is 14.7. The first-order chi connectivity index (χ1) is 9.56. The SMILES string of the molecule is C[C@H](NCc1cccc([N+](=O)[O-])c1)c1cccc(Cl)c1. The highest BCUT2D eigenvalue weighted by Gasteiger charge is 2.08. The monoisotopic (exact) mass is 290 g/mol. The second kappa shape index (κ2) is 6.50. The summed E-state index contributed by atoms with van der Waals surface area (Å²) < 4.78 is 0. The van der Waals surface area contributed by atoms with E-state index in [0.717, 1.165) is 11.1 Å². The van der Waals surface area contributed by atoms with Gasteiger partial charge in [0.2, 0.25) is 0 Å². The Morgan fingerprint density at radius 2 is 2.00 bits per heavy atom. The minimum Gasteiger partial charge on any atom is -0.306 e. The molecule has 0 bridgehead atoms. The zero-order valence-corrected chi connectivity index (χ0v) is 11.8. The molecular weight excluding hydrogens is 276 g/mol. The van der Waals surface area contributed by atoms with Crippen LogP contribution in [0.5, 0.6) is 0 Å². The highest BCUT2D eigenvalue weighted by Crippen LogP contribution is 2.18. The summed E-state index contributed by atoms with van der Waals surface area (Å²) in [4.78, 5) is 10.3. The molecule has 2 rings (SSSR count). The van der Waals surface area contributed by atoms with Crippen LogP contribution in [-0.2, 0) is 6.54 Å². The largest absolute Gasteiger partial charge is 0.306 e. The first-order valence-corrected chi connectivity index (χ1v) is 6.66. The Morgan fingerprint density at radius 3 is 2.70 bits per heavy atom. The van der Waals surface area contributed by atoms with E-state index in [1.54, 1.807) is 12.1 Å². The normalized spacial score (nSPS) is 12.1. The molecule has 0 aromatic heterocycles. The van der Waals surface area contributed by atoms with Gasteiger partial charge in [-0.2, -0.15) is 0 Å². The van der Waals surface area contributed by atoms with Crippen molar-refractivity contribution in [3.05, 3.63) is 74.8 Å². The lowest BCUT2D eigenvalue weighted by Crippen LogP contribution is -2.18. The van der Waals surface area contributed by atoms with Crippen LogP contribution in [0.15, 0.2) is 48.5 Å². The zero-order chi connectivity index (χ0) is 14.5. The number of rotatable bonds is 5. The quantitative estimate of drug-likeness (QED) is 0.666. The van der Waals surface area contributed by atoms with Crippen molar-refractivity contribution in [1.82, 2.24) is 5.32 Å². The van der Waals surface area contributed by atoms with E-state index in [0.29, 0.717) is 11.6 Å². The van der Waals surface area contributed by atoms with E-state index >= 15 is 0 Å². The maximum Gasteiger partial charge on any atom is 0.269 e. The van der Waals surface area contributed by atoms with Crippen LogP contribution in [-0.4, -0.2) is 4.92 Å². The molecular formula is C15H15ClN2O2. The number of halogens is 1. The molecule has 1 N–H and O–H groups in total. The molecule has 0 aliphatic heterocycles. The van der Waals surface area contributed by atoms with Gasteiger partial charge in [0.1, 0.15) is 0 Å². The van der Waals surface area contributed by atoms with Crippen molar-refractivity contribution in [3.8, 4) is 0 Å². The predicted octanol–water partition coefficient (Wildman–Crippen LogP) is 4.10. The van der Waals surface area contributed by atoms with Crippen LogP contribution in [0.25, 0.3) is 0 Å². The Balaban J connectivity index is 2.01. The van der Waals surface area contributed by atoms with Gasteiger partial charge in [-0.15, -0.1) is 0 Å². The molecule has 0 unspecified atom stereocenters. The third-order valence-electron chi connectivity index (χ3n) is 3.08. The molecule has 104 valence electrons. The number of hydrogen-bond donors (Lipinski definition) is 1. The van der Waals surface area contributed by atoms with Crippen molar-refractivity contribution >= 4 is 17.3 Å². The Labute approximate surface area is 122 Å². The molecule has 0 fully saturated rings. The smallest absolute Gasteiger partial charge is 0.269 e. The molecule has 5 heteroatoms. The van der Waals surface area contributed by atoms with Crippen LogP contribution >= 0.6 is 11.6 Å². The fourth-order valence-electron chi connectivity index (χ4n) is 1.94. The van der Waals surface area contributed by atoms with Crippen LogP contribution in [0.3, 0.4) is 0 Å². The molecule has 20 heavy (non-hydrogen) atoms. The van der Waals surface area contributed by atoms with Crippen LogP contribution in [0.2, 0.25) is 5.02 Å². The first-order valence-electron chi connectivity index (χ1n) is 6.28. The lowest BCUT2D eigenvalue weighted by molar-refractivity contribution is -0.384. The third kappa shape index (κ3) is 3.79. The number of nitrogens with one attached hydrogen (secondary N) is 1. The van der Waals surface area contributed by atoms with Gasteiger partial charge in [0.05, 0.1) is 4.92 Å². The van der Waals surface area contributed by atoms with Gasteiger partial charge in [-0.3, -0.25) is 10.1 Å². The Bertz CT molecular complexity index is 616. The van der Waals surface area contributed by atoms with Crippen LogP contribution in [0, 0.1) is 10.1 Å². The molecule has 2 aromatic rings. The molecule has 1 atom stereocenters. The average Bonchev–Trinajstić information content (AvgIpc) is 2.45. The van der Waals surface area contributed by atoms with E-state index < -0.39 is 0 Å². The summed E-state index contributed by atoms with van der Waals surface area (Å²) in [6.45, 7) is 2.60. The second-order valence-corrected chi connectivity index (χ2v) is 5.02. The molecule has 0 heterocycles. The van der Waals surface area contributed by atoms with Crippen molar-refractivity contribution in [2.45, 2.75) is 19.5 Å². The molecule has 0 aliphatic rings. The number of non-ortho nitro benzene ring substituents is 1. The van der Waals surface area contributed by atoms with Gasteiger partial charge < -0.3 is 5.32 Å². The van der Waals surface area contributed by atoms with E-state index in [-0.39, 0.29) is 16.7 Å². The second-order valence-electron chi connectivity index (χ2n) is 4.58. The molecule has 0 radical (unpaired) electrons. The molecule has 0 aliphatic carbocycles. The average molecular weight is 291 g/mol. The molecule has 2 aromatic carbocycles. The van der Waals surface area contributed by atoms with E-state index in [1.165, 1.54) is 6.07 Å². The maximum atomic E-state index is 10.7. The fraction of sp³-hybridized carbons (Fsp3) is 0.200. The Kier molecular flexibility index (Phi) is 4.71. The van der Waals surface area contributed by atoms with Gasteiger partial charge in [0.15, 0.2) is 0 Å². The van der Waals surface area contributed by atoms with Crippen molar-refractivity contribution in [2.75, 3.05) is 0 Å². The minimum absolute atomic E-state index is 0.111. The van der Waals surface area contributed by atoms with Crippen molar-refractivity contribution < 1.29 is 4.92 Å². The number of nitrogens with zero attached hydrogens (tertiary/aromatic N) is 1. The first kappa shape index (κ1) is 14.5. The highest BCUT2D eigenvalue weighted by molar-refractivity contribution is 6.30. The summed E-state index contributed by atoms with van der Waals surface area (Å²) in [6, 6.07) is 14.4. The molecule has 0 spiro atoms. The van der Waals surface area contributed by atoms with Crippen molar-refractivity contribution in [1.29, 1.82) is 0 Å². The van der Waals surface area contributed by atoms with Gasteiger partial charge >= 0.3 is 0 Å². The van der Waals surface area contributed by atoms with Crippen LogP contribution in [0.1, 0.15) is 24.1 Å². The summed E-state index contributed by atoms with van der Waals surface area (Å²) >= 11 is 5.96. The molecule has 0 amide bonds. The van der Waals surface area contributed by atoms with Crippen molar-refractivity contribution in [3.63, 3.8) is 0 Å². The summed E-state index contributed by atoms with van der Waals surface area (Å²) in [6.07, 6.45) is 0. The zero-order valence-electron chi connectivity index (χ0n) is 11.0. The van der Waals surface area contributed by atoms with Gasteiger partial charge in [0, 0.05) is 29.7 Å². The number of hydrogen-bond acceptors (Lipinski definition) is 3. The Morgan fingerprint density at radius 1 is 1.25 bits per heavy atom. The van der Waals surface area contributed by atoms with Gasteiger partial charge in [-0.05, 0) is 30.2 Å². The topological polar surface area (TPSA) is 55.2 Å². The lowest BCUT2D eigenvalue weighted by Gasteiger charge is -2.14. The number of nitro benzene ring substituents is 1. The van der Waals surface area contributed by atoms with E-state index in [4.69, 9.17) is 11.6 Å². The van der Waals surface area contributed by atoms with E-state index in [1.807, 2.05) is 37.3 Å². The van der Waals surface area contributed by atoms with Crippen molar-refractivity contribution in [2.24, 2.45) is 0 Å². The standard InChI is InChI=1S/C15H15ClN2O2/c1-11(13-5-3-6-14(16)9-13)17-10-12-4-2-7-15(8-12)18(19)20/h2-9,11,17H,10H2,1H3/t11-/m0/s1. The van der Waals surface area contributed by atoms with Gasteiger partial charge in [-0.25, -0.2) is 0 Å². The van der Waals surface area contributed by atoms with E-state index in [2.05, 4.69) is 5.32 Å². The van der Waals surface area contributed by atoms with Gasteiger partial charge in [-0.1, -0.05) is 35.9 Å². The molecule has 0 saturated carbocycles. The highest BCUT2D eigenvalue weighted by atomic mass is 35.5. The molecule has 4 nitrogen and oxygen atoms in total. The number of benzene rings is 2. The lowest BCUT2D eigenvalue weighted by atomic mass is 10.1.